The standard InChI is InChI=1S/C20H27FN2O3S2/c1-4-6-14(7-5-2)12-17(19(24)23-20-22-13-18(21)27-20)15-8-10-16(11-9-15)28(3,25)26/h8-11,13-14,17H,4-7,12H2,1-3H3,(H,22,23,24). The number of rotatable bonds is 10. The Morgan fingerprint density at radius 3 is 2.25 bits per heavy atom. The second-order valence-corrected chi connectivity index (χ2v) is 10.0. The number of nitrogens with one attached hydrogen (secondary N) is 1. The molecular weight excluding hydrogens is 399 g/mol. The molecule has 2 rings (SSSR count). The summed E-state index contributed by atoms with van der Waals surface area (Å²) in [6.07, 6.45) is 6.98. The molecule has 0 radical (unpaired) electrons. The van der Waals surface area contributed by atoms with Crippen molar-refractivity contribution in [3.8, 4) is 0 Å². The van der Waals surface area contributed by atoms with E-state index in [9.17, 15) is 17.6 Å². The molecule has 1 aromatic heterocycles. The van der Waals surface area contributed by atoms with Crippen LogP contribution in [0.5, 0.6) is 0 Å². The number of amides is 1. The van der Waals surface area contributed by atoms with E-state index >= 15 is 0 Å². The van der Waals surface area contributed by atoms with Crippen LogP contribution >= 0.6 is 11.3 Å². The van der Waals surface area contributed by atoms with Gasteiger partial charge >= 0.3 is 0 Å². The summed E-state index contributed by atoms with van der Waals surface area (Å²) in [6, 6.07) is 6.45. The molecule has 2 aromatic rings. The van der Waals surface area contributed by atoms with Gasteiger partial charge in [0.1, 0.15) is 0 Å². The molecular formula is C20H27FN2O3S2. The van der Waals surface area contributed by atoms with E-state index in [1.54, 1.807) is 12.1 Å². The summed E-state index contributed by atoms with van der Waals surface area (Å²) in [5.74, 6) is -0.323. The van der Waals surface area contributed by atoms with Gasteiger partial charge in [-0.05, 0) is 30.0 Å². The van der Waals surface area contributed by atoms with Crippen LogP contribution in [0.25, 0.3) is 0 Å². The first-order chi connectivity index (χ1) is 13.2. The zero-order chi connectivity index (χ0) is 20.7. The third kappa shape index (κ3) is 6.38. The second-order valence-electron chi connectivity index (χ2n) is 7.03. The van der Waals surface area contributed by atoms with Crippen LogP contribution in [-0.4, -0.2) is 25.6 Å². The van der Waals surface area contributed by atoms with Gasteiger partial charge in [0.05, 0.1) is 17.0 Å². The van der Waals surface area contributed by atoms with Gasteiger partial charge < -0.3 is 5.32 Å². The van der Waals surface area contributed by atoms with E-state index in [1.807, 2.05) is 0 Å². The minimum atomic E-state index is -3.30. The molecule has 0 aliphatic carbocycles. The molecule has 1 N–H and O–H groups in total. The fourth-order valence-corrected chi connectivity index (χ4v) is 4.55. The molecule has 0 fully saturated rings. The zero-order valence-electron chi connectivity index (χ0n) is 16.4. The molecule has 1 atom stereocenters. The summed E-state index contributed by atoms with van der Waals surface area (Å²) < 4.78 is 36.7. The van der Waals surface area contributed by atoms with Crippen LogP contribution in [0.15, 0.2) is 35.4 Å². The predicted molar refractivity (Wildman–Crippen MR) is 111 cm³/mol. The topological polar surface area (TPSA) is 76.1 Å². The van der Waals surface area contributed by atoms with Crippen molar-refractivity contribution in [3.63, 3.8) is 0 Å². The first kappa shape index (κ1) is 22.5. The Morgan fingerprint density at radius 1 is 1.18 bits per heavy atom. The lowest BCUT2D eigenvalue weighted by Gasteiger charge is -2.23. The first-order valence-corrected chi connectivity index (χ1v) is 12.2. The number of carbonyl (C=O) groups is 1. The average molecular weight is 427 g/mol. The molecule has 1 unspecified atom stereocenters. The SMILES string of the molecule is CCCC(CCC)CC(C(=O)Nc1ncc(F)s1)c1ccc(S(C)(=O)=O)cc1. The Balaban J connectivity index is 2.29. The molecule has 0 saturated heterocycles. The summed E-state index contributed by atoms with van der Waals surface area (Å²) in [7, 11) is -3.30. The minimum absolute atomic E-state index is 0.219. The van der Waals surface area contributed by atoms with E-state index in [4.69, 9.17) is 0 Å². The Labute approximate surface area is 170 Å². The second kappa shape index (κ2) is 10.1. The number of hydrogen-bond donors (Lipinski definition) is 1. The number of aromatic nitrogens is 1. The van der Waals surface area contributed by atoms with Crippen LogP contribution in [0.3, 0.4) is 0 Å². The molecule has 28 heavy (non-hydrogen) atoms. The van der Waals surface area contributed by atoms with E-state index in [0.29, 0.717) is 12.3 Å². The Hall–Kier alpha value is -1.80. The summed E-state index contributed by atoms with van der Waals surface area (Å²) in [6.45, 7) is 4.24. The van der Waals surface area contributed by atoms with Crippen LogP contribution in [-0.2, 0) is 14.6 Å². The van der Waals surface area contributed by atoms with Crippen molar-refractivity contribution in [2.45, 2.75) is 56.8 Å². The number of sulfone groups is 1. The van der Waals surface area contributed by atoms with Gasteiger partial charge in [-0.15, -0.1) is 0 Å². The molecule has 0 bridgehead atoms. The Morgan fingerprint density at radius 2 is 1.79 bits per heavy atom. The number of benzene rings is 1. The molecule has 1 heterocycles. The van der Waals surface area contributed by atoms with E-state index in [-0.39, 0.29) is 15.9 Å². The number of halogens is 1. The third-order valence-corrected chi connectivity index (χ3v) is 6.53. The summed E-state index contributed by atoms with van der Waals surface area (Å²) in [5, 5.41) is 2.47. The lowest BCUT2D eigenvalue weighted by atomic mass is 9.84. The van der Waals surface area contributed by atoms with Gasteiger partial charge in [0.2, 0.25) is 5.91 Å². The van der Waals surface area contributed by atoms with E-state index in [1.165, 1.54) is 12.1 Å². The molecule has 0 aliphatic heterocycles. The van der Waals surface area contributed by atoms with Gasteiger partial charge in [0, 0.05) is 6.26 Å². The maximum atomic E-state index is 13.2. The molecule has 1 aromatic carbocycles. The number of anilines is 1. The minimum Gasteiger partial charge on any atom is -0.301 e. The number of carbonyl (C=O) groups excluding carboxylic acids is 1. The van der Waals surface area contributed by atoms with Gasteiger partial charge in [0.25, 0.3) is 0 Å². The molecule has 0 saturated carbocycles. The average Bonchev–Trinajstić information content (AvgIpc) is 3.04. The number of hydrogen-bond acceptors (Lipinski definition) is 5. The van der Waals surface area contributed by atoms with E-state index in [0.717, 1.165) is 55.0 Å². The summed E-state index contributed by atoms with van der Waals surface area (Å²) >= 11 is 0.785. The van der Waals surface area contributed by atoms with Crippen LogP contribution in [0.4, 0.5) is 9.52 Å². The van der Waals surface area contributed by atoms with Gasteiger partial charge in [0.15, 0.2) is 20.1 Å². The normalized spacial score (nSPS) is 12.9. The van der Waals surface area contributed by atoms with Crippen molar-refractivity contribution in [2.75, 3.05) is 11.6 Å². The van der Waals surface area contributed by atoms with Gasteiger partial charge in [-0.1, -0.05) is 63.0 Å². The first-order valence-electron chi connectivity index (χ1n) is 9.46. The predicted octanol–water partition coefficient (Wildman–Crippen LogP) is 5.01. The molecule has 154 valence electrons. The lowest BCUT2D eigenvalue weighted by Crippen LogP contribution is -2.23. The Kier molecular flexibility index (Phi) is 8.12. The highest BCUT2D eigenvalue weighted by molar-refractivity contribution is 7.90. The van der Waals surface area contributed by atoms with Crippen molar-refractivity contribution in [2.24, 2.45) is 5.92 Å². The van der Waals surface area contributed by atoms with Crippen molar-refractivity contribution in [1.29, 1.82) is 0 Å². The highest BCUT2D eigenvalue weighted by Gasteiger charge is 2.25. The van der Waals surface area contributed by atoms with Gasteiger partial charge in [-0.2, -0.15) is 4.39 Å². The van der Waals surface area contributed by atoms with Gasteiger partial charge in [-0.25, -0.2) is 13.4 Å². The quantitative estimate of drug-likeness (QED) is 0.579. The van der Waals surface area contributed by atoms with Crippen LogP contribution in [0, 0.1) is 11.0 Å². The van der Waals surface area contributed by atoms with Crippen molar-refractivity contribution in [3.05, 3.63) is 41.2 Å². The molecule has 0 aliphatic rings. The fourth-order valence-electron chi connectivity index (χ4n) is 3.38. The summed E-state index contributed by atoms with van der Waals surface area (Å²) in [4.78, 5) is 17.0. The molecule has 0 spiro atoms. The molecule has 5 nitrogen and oxygen atoms in total. The van der Waals surface area contributed by atoms with E-state index in [2.05, 4.69) is 24.1 Å². The van der Waals surface area contributed by atoms with Crippen LogP contribution < -0.4 is 5.32 Å². The van der Waals surface area contributed by atoms with Crippen molar-refractivity contribution >= 4 is 32.2 Å². The lowest BCUT2D eigenvalue weighted by molar-refractivity contribution is -0.118. The van der Waals surface area contributed by atoms with Crippen LogP contribution in [0.1, 0.15) is 57.4 Å². The number of thiazole rings is 1. The maximum Gasteiger partial charge on any atom is 0.233 e. The third-order valence-electron chi connectivity index (χ3n) is 4.70. The van der Waals surface area contributed by atoms with E-state index < -0.39 is 20.9 Å². The van der Waals surface area contributed by atoms with Gasteiger partial charge in [-0.3, -0.25) is 4.79 Å². The van der Waals surface area contributed by atoms with Crippen molar-refractivity contribution in [1.82, 2.24) is 4.98 Å². The number of nitrogens with zero attached hydrogens (tertiary/aromatic N) is 1. The molecule has 1 amide bonds. The van der Waals surface area contributed by atoms with Crippen molar-refractivity contribution < 1.29 is 17.6 Å². The smallest absolute Gasteiger partial charge is 0.233 e. The Bertz CT molecular complexity index is 873. The highest BCUT2D eigenvalue weighted by Crippen LogP contribution is 2.31. The maximum absolute atomic E-state index is 13.2. The van der Waals surface area contributed by atoms with Crippen LogP contribution in [0.2, 0.25) is 0 Å². The largest absolute Gasteiger partial charge is 0.301 e. The summed E-state index contributed by atoms with van der Waals surface area (Å²) in [5.41, 5.74) is 0.749. The monoisotopic (exact) mass is 426 g/mol. The zero-order valence-corrected chi connectivity index (χ0v) is 18.1. The highest BCUT2D eigenvalue weighted by atomic mass is 32.2. The fraction of sp³-hybridized carbons (Fsp3) is 0.500. The molecule has 8 heteroatoms.